The van der Waals surface area contributed by atoms with Gasteiger partial charge in [-0.25, -0.2) is 0 Å². The average Bonchev–Trinajstić information content (AvgIpc) is 2.63. The Morgan fingerprint density at radius 2 is 1.79 bits per heavy atom. The zero-order valence-corrected chi connectivity index (χ0v) is 18.3. The van der Waals surface area contributed by atoms with Crippen LogP contribution >= 0.6 is 23.4 Å². The molecule has 0 radical (unpaired) electrons. The van der Waals surface area contributed by atoms with Crippen LogP contribution in [0.4, 0.5) is 0 Å². The third-order valence-corrected chi connectivity index (χ3v) is 5.24. The molecule has 0 aliphatic heterocycles. The Hall–Kier alpha value is -1.98. The molecule has 0 fully saturated rings. The van der Waals surface area contributed by atoms with Crippen molar-refractivity contribution in [3.8, 4) is 0 Å². The predicted molar refractivity (Wildman–Crippen MR) is 117 cm³/mol. The minimum Gasteiger partial charge on any atom is -0.350 e. The number of nitrogens with zero attached hydrogens (tertiary/aromatic N) is 1. The molecule has 0 bridgehead atoms. The minimum atomic E-state index is -0.595. The highest BCUT2D eigenvalue weighted by Gasteiger charge is 2.28. The first-order chi connectivity index (χ1) is 13.2. The van der Waals surface area contributed by atoms with Crippen LogP contribution in [0, 0.1) is 0 Å². The minimum absolute atomic E-state index is 0.0922. The smallest absolute Gasteiger partial charge is 0.242 e. The molecule has 2 rings (SSSR count). The van der Waals surface area contributed by atoms with E-state index in [1.165, 1.54) is 11.8 Å². The van der Waals surface area contributed by atoms with Crippen molar-refractivity contribution in [1.82, 2.24) is 10.2 Å². The van der Waals surface area contributed by atoms with Crippen molar-refractivity contribution in [1.29, 1.82) is 0 Å². The summed E-state index contributed by atoms with van der Waals surface area (Å²) < 4.78 is 0. The maximum atomic E-state index is 13.0. The number of hydrogen-bond acceptors (Lipinski definition) is 3. The van der Waals surface area contributed by atoms with Crippen molar-refractivity contribution >= 4 is 35.2 Å². The van der Waals surface area contributed by atoms with E-state index in [0.717, 1.165) is 10.5 Å². The van der Waals surface area contributed by atoms with Crippen LogP contribution in [0.2, 0.25) is 5.02 Å². The Morgan fingerprint density at radius 3 is 2.39 bits per heavy atom. The van der Waals surface area contributed by atoms with Gasteiger partial charge in [-0.05, 0) is 57.5 Å². The average molecular weight is 419 g/mol. The topological polar surface area (TPSA) is 49.4 Å². The fraction of sp³-hybridized carbons (Fsp3) is 0.364. The molecule has 2 aromatic carbocycles. The quantitative estimate of drug-likeness (QED) is 0.659. The Morgan fingerprint density at radius 1 is 1.11 bits per heavy atom. The Kier molecular flexibility index (Phi) is 7.96. The number of carbonyl (C=O) groups excluding carboxylic acids is 2. The van der Waals surface area contributed by atoms with E-state index in [-0.39, 0.29) is 23.1 Å². The van der Waals surface area contributed by atoms with Gasteiger partial charge in [0.05, 0.1) is 5.75 Å². The first kappa shape index (κ1) is 22.3. The van der Waals surface area contributed by atoms with Gasteiger partial charge in [0, 0.05) is 22.0 Å². The molecule has 0 aromatic heterocycles. The lowest BCUT2D eigenvalue weighted by Gasteiger charge is -2.31. The second kappa shape index (κ2) is 9.99. The lowest BCUT2D eigenvalue weighted by atomic mass is 10.1. The van der Waals surface area contributed by atoms with Crippen LogP contribution in [0.15, 0.2) is 59.5 Å². The van der Waals surface area contributed by atoms with Gasteiger partial charge in [-0.3, -0.25) is 9.59 Å². The van der Waals surface area contributed by atoms with Crippen LogP contribution in [-0.2, 0) is 16.1 Å². The van der Waals surface area contributed by atoms with E-state index in [2.05, 4.69) is 5.32 Å². The molecular formula is C22H27ClN2O2S. The third-order valence-electron chi connectivity index (χ3n) is 4.01. The Balaban J connectivity index is 2.16. The summed E-state index contributed by atoms with van der Waals surface area (Å²) in [4.78, 5) is 28.3. The van der Waals surface area contributed by atoms with Crippen molar-refractivity contribution in [2.45, 2.75) is 50.7 Å². The normalized spacial score (nSPS) is 12.3. The van der Waals surface area contributed by atoms with Gasteiger partial charge >= 0.3 is 0 Å². The van der Waals surface area contributed by atoms with Crippen molar-refractivity contribution < 1.29 is 9.59 Å². The molecule has 0 aliphatic rings. The van der Waals surface area contributed by atoms with Gasteiger partial charge in [-0.15, -0.1) is 11.8 Å². The van der Waals surface area contributed by atoms with Crippen molar-refractivity contribution in [3.05, 3.63) is 65.2 Å². The van der Waals surface area contributed by atoms with Gasteiger partial charge in [0.1, 0.15) is 6.04 Å². The van der Waals surface area contributed by atoms with E-state index in [0.29, 0.717) is 11.6 Å². The molecule has 4 nitrogen and oxygen atoms in total. The van der Waals surface area contributed by atoms with Gasteiger partial charge in [-0.2, -0.15) is 0 Å². The highest BCUT2D eigenvalue weighted by Crippen LogP contribution is 2.20. The highest BCUT2D eigenvalue weighted by molar-refractivity contribution is 8.00. The number of rotatable bonds is 7. The zero-order valence-electron chi connectivity index (χ0n) is 16.7. The largest absolute Gasteiger partial charge is 0.350 e. The van der Waals surface area contributed by atoms with E-state index in [1.807, 2.05) is 69.3 Å². The summed E-state index contributed by atoms with van der Waals surface area (Å²) >= 11 is 7.56. The van der Waals surface area contributed by atoms with Crippen LogP contribution in [0.25, 0.3) is 0 Å². The summed E-state index contributed by atoms with van der Waals surface area (Å²) in [5, 5.41) is 3.57. The van der Waals surface area contributed by atoms with E-state index >= 15 is 0 Å². The Bertz CT molecular complexity index is 806. The maximum Gasteiger partial charge on any atom is 0.242 e. The van der Waals surface area contributed by atoms with Gasteiger partial charge in [0.2, 0.25) is 11.8 Å². The van der Waals surface area contributed by atoms with Crippen LogP contribution < -0.4 is 5.32 Å². The zero-order chi connectivity index (χ0) is 20.7. The third kappa shape index (κ3) is 7.21. The molecular weight excluding hydrogens is 392 g/mol. The number of thioether (sulfide) groups is 1. The number of hydrogen-bond donors (Lipinski definition) is 1. The number of amides is 2. The summed E-state index contributed by atoms with van der Waals surface area (Å²) in [6.45, 7) is 7.86. The molecule has 6 heteroatoms. The lowest BCUT2D eigenvalue weighted by molar-refractivity contribution is -0.139. The summed E-state index contributed by atoms with van der Waals surface area (Å²) in [6.07, 6.45) is 0. The van der Waals surface area contributed by atoms with Gasteiger partial charge in [0.15, 0.2) is 0 Å². The second-order valence-electron chi connectivity index (χ2n) is 7.67. The van der Waals surface area contributed by atoms with Crippen LogP contribution in [0.5, 0.6) is 0 Å². The fourth-order valence-corrected chi connectivity index (χ4v) is 3.65. The van der Waals surface area contributed by atoms with E-state index in [4.69, 9.17) is 11.6 Å². The van der Waals surface area contributed by atoms with Crippen LogP contribution in [0.3, 0.4) is 0 Å². The van der Waals surface area contributed by atoms with E-state index < -0.39 is 6.04 Å². The standard InChI is InChI=1S/C22H27ClN2O2S/c1-16(21(27)24-22(2,3)4)25(14-17-9-8-10-18(23)13-17)20(26)15-28-19-11-6-5-7-12-19/h5-13,16H,14-15H2,1-4H3,(H,24,27)/t16-/m0/s1. The summed E-state index contributed by atoms with van der Waals surface area (Å²) in [5.41, 5.74) is 0.524. The molecule has 0 saturated carbocycles. The molecule has 1 N–H and O–H groups in total. The first-order valence-corrected chi connectivity index (χ1v) is 10.6. The summed E-state index contributed by atoms with van der Waals surface area (Å²) in [6, 6.07) is 16.5. The first-order valence-electron chi connectivity index (χ1n) is 9.19. The number of carbonyl (C=O) groups is 2. The highest BCUT2D eigenvalue weighted by atomic mass is 35.5. The SMILES string of the molecule is C[C@@H](C(=O)NC(C)(C)C)N(Cc1cccc(Cl)c1)C(=O)CSc1ccccc1. The van der Waals surface area contributed by atoms with Gasteiger partial charge in [0.25, 0.3) is 0 Å². The molecule has 150 valence electrons. The maximum absolute atomic E-state index is 13.0. The Labute approximate surface area is 176 Å². The molecule has 0 unspecified atom stereocenters. The number of nitrogens with one attached hydrogen (secondary N) is 1. The number of halogens is 1. The molecule has 0 heterocycles. The van der Waals surface area contributed by atoms with Gasteiger partial charge in [-0.1, -0.05) is 41.9 Å². The van der Waals surface area contributed by atoms with Gasteiger partial charge < -0.3 is 10.2 Å². The lowest BCUT2D eigenvalue weighted by Crippen LogP contribution is -2.52. The van der Waals surface area contributed by atoms with Crippen molar-refractivity contribution in [2.24, 2.45) is 0 Å². The van der Waals surface area contributed by atoms with Crippen LogP contribution in [-0.4, -0.2) is 34.0 Å². The van der Waals surface area contributed by atoms with E-state index in [9.17, 15) is 9.59 Å². The summed E-state index contributed by atoms with van der Waals surface area (Å²) in [7, 11) is 0. The molecule has 0 saturated heterocycles. The molecule has 1 atom stereocenters. The fourth-order valence-electron chi connectivity index (χ4n) is 2.63. The monoisotopic (exact) mass is 418 g/mol. The summed E-state index contributed by atoms with van der Waals surface area (Å²) in [5.74, 6) is -0.00414. The van der Waals surface area contributed by atoms with E-state index in [1.54, 1.807) is 17.9 Å². The molecule has 2 aromatic rings. The van der Waals surface area contributed by atoms with Crippen LogP contribution in [0.1, 0.15) is 33.3 Å². The second-order valence-corrected chi connectivity index (χ2v) is 9.15. The number of benzene rings is 2. The molecule has 2 amide bonds. The van der Waals surface area contributed by atoms with Crippen molar-refractivity contribution in [2.75, 3.05) is 5.75 Å². The van der Waals surface area contributed by atoms with Crippen molar-refractivity contribution in [3.63, 3.8) is 0 Å². The predicted octanol–water partition coefficient (Wildman–Crippen LogP) is 4.76. The molecule has 0 aliphatic carbocycles. The molecule has 28 heavy (non-hydrogen) atoms. The molecule has 0 spiro atoms.